The fourth-order valence-electron chi connectivity index (χ4n) is 6.68. The summed E-state index contributed by atoms with van der Waals surface area (Å²) in [5.41, 5.74) is 4.00. The van der Waals surface area contributed by atoms with Gasteiger partial charge in [0.25, 0.3) is 0 Å². The first-order chi connectivity index (χ1) is 28.6. The van der Waals surface area contributed by atoms with Crippen LogP contribution in [0.2, 0.25) is 10.0 Å². The minimum atomic E-state index is -3.52. The van der Waals surface area contributed by atoms with Crippen molar-refractivity contribution < 1.29 is 46.4 Å². The number of sulfone groups is 1. The highest BCUT2D eigenvalue weighted by molar-refractivity contribution is 7.91. The van der Waals surface area contributed by atoms with Crippen LogP contribution in [0.15, 0.2) is 65.6 Å². The summed E-state index contributed by atoms with van der Waals surface area (Å²) in [5.74, 6) is -0.130. The Kier molecular flexibility index (Phi) is 22.6. The lowest BCUT2D eigenvalue weighted by atomic mass is 9.85. The Labute approximate surface area is 360 Å². The largest absolute Gasteiger partial charge is 0.379 e. The molecule has 0 spiro atoms. The van der Waals surface area contributed by atoms with Gasteiger partial charge in [0, 0.05) is 79.4 Å². The number of benzene rings is 3. The van der Waals surface area contributed by atoms with E-state index in [2.05, 4.69) is 11.8 Å². The highest BCUT2D eigenvalue weighted by Gasteiger charge is 2.28. The van der Waals surface area contributed by atoms with Crippen molar-refractivity contribution >= 4 is 44.6 Å². The van der Waals surface area contributed by atoms with Gasteiger partial charge < -0.3 is 33.3 Å². The highest BCUT2D eigenvalue weighted by Crippen LogP contribution is 2.39. The molecule has 1 atom stereocenters. The Morgan fingerprint density at radius 1 is 0.661 bits per heavy atom. The van der Waals surface area contributed by atoms with E-state index in [1.54, 1.807) is 48.5 Å². The van der Waals surface area contributed by atoms with Gasteiger partial charge in [-0.15, -0.1) is 0 Å². The Balaban J connectivity index is 1.00. The monoisotopic (exact) mass is 877 g/mol. The number of halogens is 2. The minimum absolute atomic E-state index is 0.0175. The fourth-order valence-corrected chi connectivity index (χ4v) is 8.58. The van der Waals surface area contributed by atoms with Gasteiger partial charge in [0.05, 0.1) is 63.5 Å². The van der Waals surface area contributed by atoms with Crippen molar-refractivity contribution in [2.75, 3.05) is 98.6 Å². The maximum atomic E-state index is 13.2. The average Bonchev–Trinajstić information content (AvgIpc) is 3.22. The molecule has 59 heavy (non-hydrogen) atoms. The molecular formula is C45H61Cl2NO10S. The number of ketones is 2. The fraction of sp³-hybridized carbons (Fsp3) is 0.556. The average molecular weight is 879 g/mol. The molecule has 1 heterocycles. The molecule has 14 heteroatoms. The zero-order valence-electron chi connectivity index (χ0n) is 34.6. The van der Waals surface area contributed by atoms with Crippen molar-refractivity contribution in [3.63, 3.8) is 0 Å². The number of nitrogens with zero attached hydrogens (tertiary/aromatic N) is 1. The van der Waals surface area contributed by atoms with E-state index in [0.717, 1.165) is 42.7 Å². The number of rotatable bonds is 31. The molecule has 1 aliphatic rings. The second-order valence-corrected chi connectivity index (χ2v) is 17.6. The van der Waals surface area contributed by atoms with Crippen molar-refractivity contribution in [3.8, 4) is 0 Å². The Bertz CT molecular complexity index is 1840. The quantitative estimate of drug-likeness (QED) is 0.0458. The molecule has 3 aromatic carbocycles. The standard InChI is InChI=1S/C45H61Cl2NO10S/c1-3-4-16-53-20-24-57-25-21-54-17-7-14-44(49)36-11-5-12-37(29-36)45(50)15-8-18-55-22-26-58-27-23-56-19-9-28-59(51,52)39-13-6-10-35(30-39)41-33-48(2)34-42-40(41)31-38(46)32-43(42)47/h5-6,10-13,29-32,41H,3-4,7-9,14-28,33-34H2,1-2H3. The molecule has 11 nitrogen and oxygen atoms in total. The number of ether oxygens (including phenoxy) is 6. The zero-order valence-corrected chi connectivity index (χ0v) is 36.9. The summed E-state index contributed by atoms with van der Waals surface area (Å²) in [7, 11) is -1.49. The lowest BCUT2D eigenvalue weighted by Gasteiger charge is -2.33. The molecule has 0 radical (unpaired) electrons. The van der Waals surface area contributed by atoms with Gasteiger partial charge >= 0.3 is 0 Å². The van der Waals surface area contributed by atoms with Crippen LogP contribution in [0.1, 0.15) is 95.2 Å². The molecule has 0 saturated carbocycles. The maximum absolute atomic E-state index is 13.2. The molecule has 0 saturated heterocycles. The smallest absolute Gasteiger partial charge is 0.178 e. The van der Waals surface area contributed by atoms with Crippen LogP contribution >= 0.6 is 23.2 Å². The number of fused-ring (bicyclic) bond motifs is 1. The van der Waals surface area contributed by atoms with Gasteiger partial charge in [0.2, 0.25) is 0 Å². The topological polar surface area (TPSA) is 127 Å². The van der Waals surface area contributed by atoms with Crippen LogP contribution in [-0.2, 0) is 44.8 Å². The SMILES string of the molecule is CCCCOCCOCCOCCCC(=O)c1cccc(C(=O)CCCOCCOCCOCCCS(=O)(=O)c2cccc(C3CN(C)Cc4c(Cl)cc(Cl)cc43)c2)c1. The number of Topliss-reactive ketones (excluding diaryl/α,β-unsaturated/α-hetero) is 2. The van der Waals surface area contributed by atoms with Gasteiger partial charge in [-0.3, -0.25) is 9.59 Å². The van der Waals surface area contributed by atoms with E-state index in [1.807, 2.05) is 19.2 Å². The molecule has 0 bridgehead atoms. The van der Waals surface area contributed by atoms with Crippen molar-refractivity contribution in [2.24, 2.45) is 0 Å². The molecule has 1 aliphatic heterocycles. The third-order valence-electron chi connectivity index (χ3n) is 9.84. The molecule has 0 N–H and O–H groups in total. The molecule has 0 aliphatic carbocycles. The molecule has 0 aromatic heterocycles. The van der Waals surface area contributed by atoms with Crippen LogP contribution in [0, 0.1) is 0 Å². The van der Waals surface area contributed by atoms with E-state index in [9.17, 15) is 18.0 Å². The summed E-state index contributed by atoms with van der Waals surface area (Å²) < 4.78 is 59.7. The van der Waals surface area contributed by atoms with Crippen LogP contribution in [0.5, 0.6) is 0 Å². The molecule has 1 unspecified atom stereocenters. The van der Waals surface area contributed by atoms with E-state index in [4.69, 9.17) is 51.6 Å². The van der Waals surface area contributed by atoms with Crippen LogP contribution < -0.4 is 0 Å². The summed E-state index contributed by atoms with van der Waals surface area (Å²) in [6.45, 7) is 9.03. The van der Waals surface area contributed by atoms with Crippen LogP contribution in [0.4, 0.5) is 0 Å². The molecular weight excluding hydrogens is 817 g/mol. The Morgan fingerprint density at radius 3 is 1.73 bits per heavy atom. The molecule has 0 amide bonds. The Morgan fingerprint density at radius 2 is 1.17 bits per heavy atom. The number of hydrogen-bond acceptors (Lipinski definition) is 11. The summed E-state index contributed by atoms with van der Waals surface area (Å²) >= 11 is 12.9. The predicted molar refractivity (Wildman–Crippen MR) is 231 cm³/mol. The highest BCUT2D eigenvalue weighted by atomic mass is 35.5. The maximum Gasteiger partial charge on any atom is 0.178 e. The van der Waals surface area contributed by atoms with E-state index < -0.39 is 9.84 Å². The second-order valence-electron chi connectivity index (χ2n) is 14.6. The summed E-state index contributed by atoms with van der Waals surface area (Å²) in [6.07, 6.45) is 4.33. The van der Waals surface area contributed by atoms with Gasteiger partial charge in [-0.1, -0.05) is 66.9 Å². The first-order valence-corrected chi connectivity index (χ1v) is 23.1. The predicted octanol–water partition coefficient (Wildman–Crippen LogP) is 8.26. The number of carbonyl (C=O) groups excluding carboxylic acids is 2. The van der Waals surface area contributed by atoms with Crippen LogP contribution in [0.25, 0.3) is 0 Å². The molecule has 4 rings (SSSR count). The summed E-state index contributed by atoms with van der Waals surface area (Å²) in [5, 5.41) is 1.18. The van der Waals surface area contributed by atoms with Crippen molar-refractivity contribution in [2.45, 2.75) is 69.2 Å². The first kappa shape index (κ1) is 48.9. The third-order valence-corrected chi connectivity index (χ3v) is 12.2. The normalized spacial score (nSPS) is 14.4. The van der Waals surface area contributed by atoms with E-state index in [-0.39, 0.29) is 28.1 Å². The van der Waals surface area contributed by atoms with E-state index >= 15 is 0 Å². The number of likely N-dealkylation sites (N-methyl/N-ethyl adjacent to an activating group) is 1. The van der Waals surface area contributed by atoms with Crippen molar-refractivity contribution in [1.29, 1.82) is 0 Å². The Hall–Kier alpha value is -2.75. The van der Waals surface area contributed by atoms with Crippen molar-refractivity contribution in [3.05, 3.63) is 98.5 Å². The first-order valence-electron chi connectivity index (χ1n) is 20.7. The molecule has 3 aromatic rings. The molecule has 0 fully saturated rings. The zero-order chi connectivity index (χ0) is 42.3. The third kappa shape index (κ3) is 17.6. The van der Waals surface area contributed by atoms with Crippen LogP contribution in [-0.4, -0.2) is 124 Å². The lowest BCUT2D eigenvalue weighted by molar-refractivity contribution is 0.0135. The number of carbonyl (C=O) groups is 2. The summed E-state index contributed by atoms with van der Waals surface area (Å²) in [6, 6.07) is 17.7. The molecule has 326 valence electrons. The van der Waals surface area contributed by atoms with Gasteiger partial charge in [-0.05, 0) is 79.8 Å². The van der Waals surface area contributed by atoms with Gasteiger partial charge in [-0.25, -0.2) is 8.42 Å². The lowest BCUT2D eigenvalue weighted by Crippen LogP contribution is -2.31. The van der Waals surface area contributed by atoms with E-state index in [1.165, 1.54) is 0 Å². The van der Waals surface area contributed by atoms with Gasteiger partial charge in [-0.2, -0.15) is 0 Å². The minimum Gasteiger partial charge on any atom is -0.379 e. The van der Waals surface area contributed by atoms with Crippen LogP contribution in [0.3, 0.4) is 0 Å². The van der Waals surface area contributed by atoms with Crippen molar-refractivity contribution in [1.82, 2.24) is 4.90 Å². The second kappa shape index (κ2) is 27.2. The number of hydrogen-bond donors (Lipinski definition) is 0. The van der Waals surface area contributed by atoms with E-state index in [0.29, 0.717) is 132 Å². The number of unbranched alkanes of at least 4 members (excludes halogenated alkanes) is 1. The summed E-state index contributed by atoms with van der Waals surface area (Å²) in [4.78, 5) is 27.9. The van der Waals surface area contributed by atoms with Gasteiger partial charge in [0.15, 0.2) is 21.4 Å². The van der Waals surface area contributed by atoms with Gasteiger partial charge in [0.1, 0.15) is 0 Å².